The van der Waals surface area contributed by atoms with Crippen LogP contribution in [0.1, 0.15) is 30.6 Å². The zero-order valence-electron chi connectivity index (χ0n) is 17.0. The summed E-state index contributed by atoms with van der Waals surface area (Å²) in [6.45, 7) is 2.06. The molecule has 0 spiro atoms. The standard InChI is InChI=1S/C22H28BrN5S/c1-28(2)21-18-5-3-4-6-19(18)26-22(27-21)25-16-9-7-15(8-10-16)13-24-14-17-11-12-20(23)29-17/h3-6,11-12,15-16,24H,7-10,13-14H2,1-2H3,(H,25,26,27)/t15-,16+. The molecular weight excluding hydrogens is 446 g/mol. The van der Waals surface area contributed by atoms with Crippen molar-refractivity contribution in [3.63, 3.8) is 0 Å². The van der Waals surface area contributed by atoms with Crippen LogP contribution in [0, 0.1) is 5.92 Å². The molecule has 0 amide bonds. The summed E-state index contributed by atoms with van der Waals surface area (Å²) in [5.41, 5.74) is 0.992. The summed E-state index contributed by atoms with van der Waals surface area (Å²) in [7, 11) is 4.07. The minimum absolute atomic E-state index is 0.454. The number of hydrogen-bond acceptors (Lipinski definition) is 6. The van der Waals surface area contributed by atoms with E-state index in [0.717, 1.165) is 41.7 Å². The minimum Gasteiger partial charge on any atom is -0.362 e. The monoisotopic (exact) mass is 473 g/mol. The van der Waals surface area contributed by atoms with E-state index in [0.29, 0.717) is 6.04 Å². The maximum absolute atomic E-state index is 4.79. The second kappa shape index (κ2) is 9.41. The number of thiophene rings is 1. The third-order valence-corrected chi connectivity index (χ3v) is 7.17. The summed E-state index contributed by atoms with van der Waals surface area (Å²) in [6, 6.07) is 13.0. The Hall–Kier alpha value is -1.70. The summed E-state index contributed by atoms with van der Waals surface area (Å²) < 4.78 is 1.20. The molecular formula is C22H28BrN5S. The SMILES string of the molecule is CN(C)c1nc(N[C@H]2CC[C@@H](CNCc3ccc(Br)s3)CC2)nc2ccccc12. The lowest BCUT2D eigenvalue weighted by atomic mass is 9.86. The molecule has 2 heterocycles. The number of halogens is 1. The Balaban J connectivity index is 1.30. The zero-order chi connectivity index (χ0) is 20.2. The molecule has 0 bridgehead atoms. The molecule has 5 nitrogen and oxygen atoms in total. The number of nitrogens with one attached hydrogen (secondary N) is 2. The number of para-hydroxylation sites is 1. The van der Waals surface area contributed by atoms with Crippen LogP contribution in [0.3, 0.4) is 0 Å². The number of nitrogens with zero attached hydrogens (tertiary/aromatic N) is 3. The summed E-state index contributed by atoms with van der Waals surface area (Å²) in [5.74, 6) is 2.47. The molecule has 0 radical (unpaired) electrons. The summed E-state index contributed by atoms with van der Waals surface area (Å²) in [6.07, 6.45) is 4.83. The van der Waals surface area contributed by atoms with Crippen molar-refractivity contribution in [2.24, 2.45) is 5.92 Å². The first-order valence-electron chi connectivity index (χ1n) is 10.2. The normalized spacial score (nSPS) is 19.4. The van der Waals surface area contributed by atoms with Crippen molar-refractivity contribution in [3.8, 4) is 0 Å². The number of fused-ring (bicyclic) bond motifs is 1. The van der Waals surface area contributed by atoms with Crippen LogP contribution in [-0.4, -0.2) is 36.6 Å². The van der Waals surface area contributed by atoms with Gasteiger partial charge in [-0.05, 0) is 78.3 Å². The molecule has 29 heavy (non-hydrogen) atoms. The van der Waals surface area contributed by atoms with Gasteiger partial charge in [-0.1, -0.05) is 12.1 Å². The third kappa shape index (κ3) is 5.27. The summed E-state index contributed by atoms with van der Waals surface area (Å²) in [4.78, 5) is 13.0. The molecule has 0 aliphatic heterocycles. The zero-order valence-corrected chi connectivity index (χ0v) is 19.4. The average molecular weight is 474 g/mol. The molecule has 3 aromatic rings. The predicted octanol–water partition coefficient (Wildman–Crippen LogP) is 5.28. The van der Waals surface area contributed by atoms with Gasteiger partial charge >= 0.3 is 0 Å². The van der Waals surface area contributed by atoms with Crippen molar-refractivity contribution in [1.29, 1.82) is 0 Å². The van der Waals surface area contributed by atoms with Gasteiger partial charge in [0.05, 0.1) is 9.30 Å². The van der Waals surface area contributed by atoms with E-state index in [9.17, 15) is 0 Å². The van der Waals surface area contributed by atoms with Gasteiger partial charge in [0.2, 0.25) is 5.95 Å². The highest BCUT2D eigenvalue weighted by atomic mass is 79.9. The third-order valence-electron chi connectivity index (χ3n) is 5.55. The van der Waals surface area contributed by atoms with E-state index in [-0.39, 0.29) is 0 Å². The fraction of sp³-hybridized carbons (Fsp3) is 0.455. The van der Waals surface area contributed by atoms with Gasteiger partial charge in [0.15, 0.2) is 0 Å². The first-order valence-corrected chi connectivity index (χ1v) is 11.8. The fourth-order valence-corrected chi connectivity index (χ4v) is 5.46. The molecule has 154 valence electrons. The molecule has 7 heteroatoms. The Labute approximate surface area is 185 Å². The molecule has 4 rings (SSSR count). The molecule has 1 aromatic carbocycles. The van der Waals surface area contributed by atoms with Crippen LogP contribution in [0.25, 0.3) is 10.9 Å². The van der Waals surface area contributed by atoms with Gasteiger partial charge in [-0.3, -0.25) is 0 Å². The van der Waals surface area contributed by atoms with E-state index in [1.165, 1.54) is 34.3 Å². The van der Waals surface area contributed by atoms with Gasteiger partial charge in [0.25, 0.3) is 0 Å². The predicted molar refractivity (Wildman–Crippen MR) is 127 cm³/mol. The molecule has 2 aromatic heterocycles. The Morgan fingerprint density at radius 2 is 1.86 bits per heavy atom. The lowest BCUT2D eigenvalue weighted by Crippen LogP contribution is -2.31. The van der Waals surface area contributed by atoms with Crippen molar-refractivity contribution >= 4 is 49.9 Å². The van der Waals surface area contributed by atoms with Crippen molar-refractivity contribution in [3.05, 3.63) is 45.1 Å². The maximum Gasteiger partial charge on any atom is 0.225 e. The van der Waals surface area contributed by atoms with Gasteiger partial charge in [0.1, 0.15) is 5.82 Å². The molecule has 2 N–H and O–H groups in total. The largest absolute Gasteiger partial charge is 0.362 e. The van der Waals surface area contributed by atoms with Crippen molar-refractivity contribution in [2.45, 2.75) is 38.3 Å². The second-order valence-electron chi connectivity index (χ2n) is 7.98. The highest BCUT2D eigenvalue weighted by molar-refractivity contribution is 9.11. The highest BCUT2D eigenvalue weighted by Gasteiger charge is 2.22. The van der Waals surface area contributed by atoms with Crippen LogP contribution >= 0.6 is 27.3 Å². The van der Waals surface area contributed by atoms with Crippen LogP contribution < -0.4 is 15.5 Å². The first-order chi connectivity index (χ1) is 14.1. The molecule has 0 atom stereocenters. The fourth-order valence-electron chi connectivity index (χ4n) is 4.01. The molecule has 1 fully saturated rings. The first kappa shape index (κ1) is 20.6. The van der Waals surface area contributed by atoms with Crippen molar-refractivity contribution < 1.29 is 0 Å². The number of rotatable bonds is 7. The van der Waals surface area contributed by atoms with E-state index >= 15 is 0 Å². The number of benzene rings is 1. The average Bonchev–Trinajstić information content (AvgIpc) is 3.13. The van der Waals surface area contributed by atoms with Crippen LogP contribution in [0.5, 0.6) is 0 Å². The van der Waals surface area contributed by atoms with Gasteiger partial charge in [-0.2, -0.15) is 4.98 Å². The van der Waals surface area contributed by atoms with E-state index in [1.54, 1.807) is 11.3 Å². The Kier molecular flexibility index (Phi) is 6.67. The van der Waals surface area contributed by atoms with Gasteiger partial charge in [-0.25, -0.2) is 4.98 Å². The smallest absolute Gasteiger partial charge is 0.225 e. The summed E-state index contributed by atoms with van der Waals surface area (Å²) in [5, 5.41) is 8.32. The topological polar surface area (TPSA) is 53.1 Å². The summed E-state index contributed by atoms with van der Waals surface area (Å²) >= 11 is 5.34. The Bertz CT molecular complexity index is 949. The number of anilines is 2. The maximum atomic E-state index is 4.79. The van der Waals surface area contributed by atoms with Crippen LogP contribution in [0.15, 0.2) is 40.2 Å². The Morgan fingerprint density at radius 1 is 1.07 bits per heavy atom. The van der Waals surface area contributed by atoms with Gasteiger partial charge in [0, 0.05) is 36.9 Å². The molecule has 1 aliphatic rings. The van der Waals surface area contributed by atoms with Crippen LogP contribution in [0.2, 0.25) is 0 Å². The highest BCUT2D eigenvalue weighted by Crippen LogP contribution is 2.28. The van der Waals surface area contributed by atoms with E-state index in [2.05, 4.69) is 55.7 Å². The van der Waals surface area contributed by atoms with E-state index in [4.69, 9.17) is 9.97 Å². The van der Waals surface area contributed by atoms with Gasteiger partial charge in [-0.15, -0.1) is 11.3 Å². The Morgan fingerprint density at radius 3 is 2.59 bits per heavy atom. The molecule has 0 saturated heterocycles. The van der Waals surface area contributed by atoms with E-state index in [1.807, 2.05) is 26.2 Å². The quantitative estimate of drug-likeness (QED) is 0.488. The van der Waals surface area contributed by atoms with Gasteiger partial charge < -0.3 is 15.5 Å². The lowest BCUT2D eigenvalue weighted by Gasteiger charge is -2.29. The minimum atomic E-state index is 0.454. The number of aromatic nitrogens is 2. The van der Waals surface area contributed by atoms with E-state index < -0.39 is 0 Å². The lowest BCUT2D eigenvalue weighted by molar-refractivity contribution is 0.324. The molecule has 1 aliphatic carbocycles. The molecule has 1 saturated carbocycles. The number of hydrogen-bond donors (Lipinski definition) is 2. The van der Waals surface area contributed by atoms with Crippen LogP contribution in [0.4, 0.5) is 11.8 Å². The van der Waals surface area contributed by atoms with Crippen LogP contribution in [-0.2, 0) is 6.54 Å². The van der Waals surface area contributed by atoms with Crippen molar-refractivity contribution in [1.82, 2.24) is 15.3 Å². The molecule has 0 unspecified atom stereocenters. The van der Waals surface area contributed by atoms with Crippen molar-refractivity contribution in [2.75, 3.05) is 30.9 Å². The second-order valence-corrected chi connectivity index (χ2v) is 10.5.